The molecule has 0 bridgehead atoms. The summed E-state index contributed by atoms with van der Waals surface area (Å²) in [6.45, 7) is 2.56. The van der Waals surface area contributed by atoms with Crippen molar-refractivity contribution in [3.63, 3.8) is 0 Å². The van der Waals surface area contributed by atoms with Gasteiger partial charge in [0.05, 0.1) is 10.7 Å². The second kappa shape index (κ2) is 7.55. The molecule has 1 atom stereocenters. The normalized spacial score (nSPS) is 12.0. The monoisotopic (exact) mass is 325 g/mol. The van der Waals surface area contributed by atoms with Crippen LogP contribution in [0, 0.1) is 6.92 Å². The first-order valence-electron chi connectivity index (χ1n) is 6.61. The molecule has 2 N–H and O–H groups in total. The minimum Gasteiger partial charge on any atom is -0.491 e. The molecule has 0 aliphatic heterocycles. The highest BCUT2D eigenvalue weighted by molar-refractivity contribution is 6.36. The Morgan fingerprint density at radius 2 is 1.86 bits per heavy atom. The zero-order chi connectivity index (χ0) is 15.2. The van der Waals surface area contributed by atoms with Gasteiger partial charge >= 0.3 is 0 Å². The number of hydrogen-bond acceptors (Lipinski definition) is 3. The molecule has 0 saturated carbocycles. The van der Waals surface area contributed by atoms with Crippen molar-refractivity contribution in [3.8, 4) is 5.75 Å². The van der Waals surface area contributed by atoms with Crippen LogP contribution in [0.2, 0.25) is 10.0 Å². The Morgan fingerprint density at radius 1 is 1.14 bits per heavy atom. The van der Waals surface area contributed by atoms with Crippen molar-refractivity contribution in [1.29, 1.82) is 0 Å². The van der Waals surface area contributed by atoms with E-state index in [9.17, 15) is 5.11 Å². The van der Waals surface area contributed by atoms with Gasteiger partial charge in [-0.05, 0) is 37.3 Å². The fraction of sp³-hybridized carbons (Fsp3) is 0.250. The third kappa shape index (κ3) is 5.12. The van der Waals surface area contributed by atoms with Crippen molar-refractivity contribution in [3.05, 3.63) is 58.1 Å². The van der Waals surface area contributed by atoms with Gasteiger partial charge < -0.3 is 15.2 Å². The molecule has 5 heteroatoms. The first-order chi connectivity index (χ1) is 10.0. The van der Waals surface area contributed by atoms with Crippen molar-refractivity contribution in [2.75, 3.05) is 18.5 Å². The Morgan fingerprint density at radius 3 is 2.52 bits per heavy atom. The van der Waals surface area contributed by atoms with Gasteiger partial charge in [-0.15, -0.1) is 0 Å². The van der Waals surface area contributed by atoms with Crippen LogP contribution in [0.25, 0.3) is 0 Å². The summed E-state index contributed by atoms with van der Waals surface area (Å²) >= 11 is 11.9. The molecule has 0 aromatic heterocycles. The Labute approximate surface area is 134 Å². The van der Waals surface area contributed by atoms with E-state index in [1.165, 1.54) is 5.56 Å². The van der Waals surface area contributed by atoms with Gasteiger partial charge in [0, 0.05) is 11.6 Å². The van der Waals surface area contributed by atoms with Gasteiger partial charge in [-0.1, -0.05) is 40.9 Å². The Hall–Kier alpha value is -1.42. The SMILES string of the molecule is Cc1ccc(OCC(O)CNc2ccc(Cl)cc2Cl)cc1. The van der Waals surface area contributed by atoms with Crippen molar-refractivity contribution < 1.29 is 9.84 Å². The lowest BCUT2D eigenvalue weighted by molar-refractivity contribution is 0.117. The molecule has 0 aliphatic rings. The summed E-state index contributed by atoms with van der Waals surface area (Å²) in [5.41, 5.74) is 1.90. The van der Waals surface area contributed by atoms with Gasteiger partial charge in [-0.25, -0.2) is 0 Å². The molecular formula is C16H17Cl2NO2. The lowest BCUT2D eigenvalue weighted by Gasteiger charge is -2.15. The molecule has 1 unspecified atom stereocenters. The molecule has 0 saturated heterocycles. The van der Waals surface area contributed by atoms with Crippen LogP contribution in [0.1, 0.15) is 5.56 Å². The number of aliphatic hydroxyl groups is 1. The lowest BCUT2D eigenvalue weighted by Crippen LogP contribution is -2.26. The van der Waals surface area contributed by atoms with Crippen molar-refractivity contribution in [1.82, 2.24) is 0 Å². The number of halogens is 2. The number of benzene rings is 2. The predicted molar refractivity (Wildman–Crippen MR) is 87.6 cm³/mol. The van der Waals surface area contributed by atoms with Crippen LogP contribution in [0.5, 0.6) is 5.75 Å². The van der Waals surface area contributed by atoms with Gasteiger partial charge in [0.25, 0.3) is 0 Å². The van der Waals surface area contributed by atoms with Crippen LogP contribution >= 0.6 is 23.2 Å². The third-order valence-electron chi connectivity index (χ3n) is 2.92. The Bertz CT molecular complexity index is 587. The molecular weight excluding hydrogens is 309 g/mol. The summed E-state index contributed by atoms with van der Waals surface area (Å²) in [7, 11) is 0. The predicted octanol–water partition coefficient (Wildman–Crippen LogP) is 4.15. The summed E-state index contributed by atoms with van der Waals surface area (Å²) < 4.78 is 5.52. The van der Waals surface area contributed by atoms with Crippen molar-refractivity contribution >= 4 is 28.9 Å². The highest BCUT2D eigenvalue weighted by Crippen LogP contribution is 2.25. The largest absolute Gasteiger partial charge is 0.491 e. The quantitative estimate of drug-likeness (QED) is 0.838. The number of aryl methyl sites for hydroxylation is 1. The van der Waals surface area contributed by atoms with Crippen molar-refractivity contribution in [2.45, 2.75) is 13.0 Å². The van der Waals surface area contributed by atoms with E-state index in [1.807, 2.05) is 31.2 Å². The molecule has 0 amide bonds. The molecule has 2 aromatic rings. The van der Waals surface area contributed by atoms with E-state index in [2.05, 4.69) is 5.32 Å². The fourth-order valence-corrected chi connectivity index (χ4v) is 2.22. The third-order valence-corrected chi connectivity index (χ3v) is 3.47. The van der Waals surface area contributed by atoms with Crippen LogP contribution in [0.4, 0.5) is 5.69 Å². The van der Waals surface area contributed by atoms with Gasteiger partial charge in [-0.3, -0.25) is 0 Å². The maximum Gasteiger partial charge on any atom is 0.119 e. The molecule has 0 radical (unpaired) electrons. The summed E-state index contributed by atoms with van der Waals surface area (Å²) in [5, 5.41) is 14.1. The average Bonchev–Trinajstić information content (AvgIpc) is 2.46. The van der Waals surface area contributed by atoms with Gasteiger partial charge in [-0.2, -0.15) is 0 Å². The highest BCUT2D eigenvalue weighted by atomic mass is 35.5. The molecule has 0 fully saturated rings. The van der Waals surface area contributed by atoms with Crippen LogP contribution in [-0.4, -0.2) is 24.4 Å². The van der Waals surface area contributed by atoms with Crippen LogP contribution in [0.15, 0.2) is 42.5 Å². The maximum atomic E-state index is 9.92. The molecule has 0 spiro atoms. The second-order valence-corrected chi connectivity index (χ2v) is 5.63. The molecule has 0 aliphatic carbocycles. The van der Waals surface area contributed by atoms with E-state index in [-0.39, 0.29) is 6.61 Å². The standard InChI is InChI=1S/C16H17Cl2NO2/c1-11-2-5-14(6-3-11)21-10-13(20)9-19-16-7-4-12(17)8-15(16)18/h2-8,13,19-20H,9-10H2,1H3. The smallest absolute Gasteiger partial charge is 0.119 e. The summed E-state index contributed by atoms with van der Waals surface area (Å²) in [5.74, 6) is 0.740. The van der Waals surface area contributed by atoms with E-state index >= 15 is 0 Å². The van der Waals surface area contributed by atoms with Crippen molar-refractivity contribution in [2.24, 2.45) is 0 Å². The number of ether oxygens (including phenoxy) is 1. The first-order valence-corrected chi connectivity index (χ1v) is 7.36. The molecule has 2 rings (SSSR count). The lowest BCUT2D eigenvalue weighted by atomic mass is 10.2. The van der Waals surface area contributed by atoms with E-state index < -0.39 is 6.10 Å². The number of nitrogens with one attached hydrogen (secondary N) is 1. The van der Waals surface area contributed by atoms with E-state index in [0.717, 1.165) is 11.4 Å². The Balaban J connectivity index is 1.79. The summed E-state index contributed by atoms with van der Waals surface area (Å²) in [4.78, 5) is 0. The summed E-state index contributed by atoms with van der Waals surface area (Å²) in [6.07, 6.45) is -0.641. The first kappa shape index (κ1) is 16.0. The fourth-order valence-electron chi connectivity index (χ4n) is 1.75. The molecule has 21 heavy (non-hydrogen) atoms. The molecule has 3 nitrogen and oxygen atoms in total. The number of rotatable bonds is 6. The second-order valence-electron chi connectivity index (χ2n) is 4.78. The number of hydrogen-bond donors (Lipinski definition) is 2. The van der Waals surface area contributed by atoms with Crippen LogP contribution < -0.4 is 10.1 Å². The number of anilines is 1. The van der Waals surface area contributed by atoms with Crippen LogP contribution in [-0.2, 0) is 0 Å². The highest BCUT2D eigenvalue weighted by Gasteiger charge is 2.07. The maximum absolute atomic E-state index is 9.92. The zero-order valence-electron chi connectivity index (χ0n) is 11.6. The van der Waals surface area contributed by atoms with E-state index in [0.29, 0.717) is 16.6 Å². The minimum atomic E-state index is -0.641. The number of aliphatic hydroxyl groups excluding tert-OH is 1. The zero-order valence-corrected chi connectivity index (χ0v) is 13.2. The molecule has 0 heterocycles. The molecule has 112 valence electrons. The van der Waals surface area contributed by atoms with E-state index in [4.69, 9.17) is 27.9 Å². The van der Waals surface area contributed by atoms with Gasteiger partial charge in [0.15, 0.2) is 0 Å². The van der Waals surface area contributed by atoms with Crippen LogP contribution in [0.3, 0.4) is 0 Å². The van der Waals surface area contributed by atoms with E-state index in [1.54, 1.807) is 18.2 Å². The molecule has 2 aromatic carbocycles. The topological polar surface area (TPSA) is 41.5 Å². The minimum absolute atomic E-state index is 0.210. The van der Waals surface area contributed by atoms with Gasteiger partial charge in [0.2, 0.25) is 0 Å². The summed E-state index contributed by atoms with van der Waals surface area (Å²) in [6, 6.07) is 12.9. The average molecular weight is 326 g/mol. The Kier molecular flexibility index (Phi) is 5.74. The van der Waals surface area contributed by atoms with Gasteiger partial charge in [0.1, 0.15) is 18.5 Å².